The number of ether oxygens (including phenoxy) is 1. The number of hydrogen-bond donors (Lipinski definition) is 10. The topological polar surface area (TPSA) is 393 Å². The number of nitrogens with zero attached hydrogens (tertiary/aromatic N) is 4. The number of rotatable bonds is 22. The average Bonchev–Trinajstić information content (AvgIpc) is 3.87. The molecule has 3 heterocycles. The van der Waals surface area contributed by atoms with Crippen LogP contribution in [0.25, 0.3) is 11.2 Å². The predicted molar refractivity (Wildman–Crippen MR) is 262 cm³/mol. The van der Waals surface area contributed by atoms with Crippen LogP contribution in [-0.2, 0) is 56.7 Å². The minimum absolute atomic E-state index is 0.0209. The number of phosphoric ester groups is 3. The first-order chi connectivity index (χ1) is 33.9. The van der Waals surface area contributed by atoms with Crippen molar-refractivity contribution in [3.05, 3.63) is 89.5 Å². The summed E-state index contributed by atoms with van der Waals surface area (Å²) in [7, 11) is -16.5. The normalized spacial score (nSPS) is 21.4. The number of carbonyl (C=O) groups excluding carboxylic acids is 4. The van der Waals surface area contributed by atoms with Gasteiger partial charge in [0.25, 0.3) is 5.91 Å². The van der Waals surface area contributed by atoms with Crippen LogP contribution in [0.3, 0.4) is 0 Å². The molecule has 1 aliphatic carbocycles. The number of phosphoric acid groups is 3. The third kappa shape index (κ3) is 14.7. The summed E-state index contributed by atoms with van der Waals surface area (Å²) in [6.45, 7) is 8.78. The second-order valence-corrected chi connectivity index (χ2v) is 24.1. The van der Waals surface area contributed by atoms with E-state index >= 15 is 0 Å². The van der Waals surface area contributed by atoms with Gasteiger partial charge in [0.2, 0.25) is 16.9 Å². The van der Waals surface area contributed by atoms with Gasteiger partial charge < -0.3 is 56.2 Å². The zero-order valence-electron chi connectivity index (χ0n) is 40.2. The number of allylic oxidation sites excluding steroid dienone is 2. The number of aliphatic hydroxyl groups excluding tert-OH is 2. The van der Waals surface area contributed by atoms with Crippen molar-refractivity contribution in [3.8, 4) is 0 Å². The van der Waals surface area contributed by atoms with E-state index in [0.29, 0.717) is 16.8 Å². The number of thioether (sulfide) groups is 1. The molecule has 1 fully saturated rings. The number of hydrogen-bond acceptors (Lipinski definition) is 19. The van der Waals surface area contributed by atoms with Crippen molar-refractivity contribution < 1.29 is 85.3 Å². The predicted octanol–water partition coefficient (Wildman–Crippen LogP) is 3.36. The Hall–Kier alpha value is -4.79. The van der Waals surface area contributed by atoms with Crippen molar-refractivity contribution in [2.45, 2.75) is 89.4 Å². The van der Waals surface area contributed by atoms with Gasteiger partial charge >= 0.3 is 23.5 Å². The van der Waals surface area contributed by atoms with Gasteiger partial charge in [-0.3, -0.25) is 37.3 Å². The van der Waals surface area contributed by atoms with Gasteiger partial charge in [0.05, 0.1) is 19.5 Å². The molecule has 26 nitrogen and oxygen atoms in total. The monoisotopic (exact) mass is 1100 g/mol. The number of aromatic nitrogens is 4. The fraction of sp³-hybridized carbons (Fsp3) is 0.465. The van der Waals surface area contributed by atoms with Gasteiger partial charge in [-0.15, -0.1) is 0 Å². The van der Waals surface area contributed by atoms with Gasteiger partial charge in [-0.1, -0.05) is 71.5 Å². The molecule has 1 aliphatic heterocycles. The smallest absolute Gasteiger partial charge is 0.386 e. The van der Waals surface area contributed by atoms with Crippen LogP contribution in [0.2, 0.25) is 0 Å². The van der Waals surface area contributed by atoms with Gasteiger partial charge in [0.1, 0.15) is 36.3 Å². The lowest BCUT2D eigenvalue weighted by atomic mass is 9.68. The number of imidazole rings is 1. The van der Waals surface area contributed by atoms with Crippen LogP contribution in [0.4, 0.5) is 11.5 Å². The Morgan fingerprint density at radius 3 is 2.21 bits per heavy atom. The second-order valence-electron chi connectivity index (χ2n) is 18.8. The molecule has 2 aromatic carbocycles. The van der Waals surface area contributed by atoms with E-state index in [9.17, 15) is 62.7 Å². The molecule has 0 spiro atoms. The molecule has 1 saturated heterocycles. The lowest BCUT2D eigenvalue weighted by Gasteiger charge is -2.37. The standard InChI is InChI=1S/C43H57N8O18P3S/c1-41(2)14-15-42(3,4)28-19-26(11-12-27(28)41)50-37(55)24-7-9-25(10-8-24)40(57)73-18-17-45-30(52)13-16-46-38(56)34(54)43(5,6)21-66-72(63,64)69-71(61,62)65-20-29-33(68-70(58,59)60)32(53)39(67-29)51-23-49-31-35(44)47-22-48-36(31)51/h7-12,14-15,19,22-23,29,32-34,39,53-54H,13,16-18,20-21H2,1-6H3,(H,45,52)(H,46,56)(H,50,55)(H,61,62)(H,63,64)(H2,44,47,48)(H2,58,59,60). The number of amides is 3. The Balaban J connectivity index is 0.887. The van der Waals surface area contributed by atoms with E-state index in [1.165, 1.54) is 19.4 Å². The van der Waals surface area contributed by atoms with Crippen molar-refractivity contribution in [2.75, 3.05) is 43.1 Å². The molecule has 4 aromatic rings. The molecule has 6 rings (SSSR count). The first-order valence-corrected chi connectivity index (χ1v) is 27.7. The number of benzene rings is 2. The van der Waals surface area contributed by atoms with Crippen molar-refractivity contribution in [2.24, 2.45) is 5.41 Å². The maximum Gasteiger partial charge on any atom is 0.481 e. The van der Waals surface area contributed by atoms with Gasteiger partial charge in [0, 0.05) is 58.3 Å². The summed E-state index contributed by atoms with van der Waals surface area (Å²) in [6.07, 6.45) is -2.73. The van der Waals surface area contributed by atoms with E-state index in [1.54, 1.807) is 24.3 Å². The van der Waals surface area contributed by atoms with Crippen LogP contribution in [-0.4, -0.2) is 129 Å². The third-order valence-electron chi connectivity index (χ3n) is 11.7. The van der Waals surface area contributed by atoms with Crippen LogP contribution in [0.5, 0.6) is 0 Å². The van der Waals surface area contributed by atoms with E-state index in [2.05, 4.69) is 79.6 Å². The molecule has 398 valence electrons. The number of nitrogen functional groups attached to an aromatic ring is 1. The highest BCUT2D eigenvalue weighted by molar-refractivity contribution is 8.14. The first-order valence-electron chi connectivity index (χ1n) is 22.2. The fourth-order valence-corrected chi connectivity index (χ4v) is 11.2. The van der Waals surface area contributed by atoms with Crippen molar-refractivity contribution in [1.82, 2.24) is 30.2 Å². The number of nitrogens with one attached hydrogen (secondary N) is 3. The Kier molecular flexibility index (Phi) is 17.8. The maximum absolute atomic E-state index is 13.1. The molecule has 11 N–H and O–H groups in total. The molecule has 2 aromatic heterocycles. The zero-order chi connectivity index (χ0) is 53.9. The molecule has 0 radical (unpaired) electrons. The molecular formula is C43H57N8O18P3S. The highest BCUT2D eigenvalue weighted by Gasteiger charge is 2.50. The number of nitrogens with two attached hydrogens (primary N) is 1. The molecule has 3 amide bonds. The van der Waals surface area contributed by atoms with E-state index < -0.39 is 84.6 Å². The summed E-state index contributed by atoms with van der Waals surface area (Å²) >= 11 is 0.947. The first kappa shape index (κ1) is 57.5. The van der Waals surface area contributed by atoms with Crippen LogP contribution in [0, 0.1) is 5.41 Å². The van der Waals surface area contributed by atoms with Crippen LogP contribution < -0.4 is 21.7 Å². The number of anilines is 2. The zero-order valence-corrected chi connectivity index (χ0v) is 43.7. The minimum Gasteiger partial charge on any atom is -0.386 e. The number of carbonyl (C=O) groups is 4. The van der Waals surface area contributed by atoms with Crippen molar-refractivity contribution in [3.63, 3.8) is 0 Å². The van der Waals surface area contributed by atoms with Gasteiger partial charge in [0.15, 0.2) is 17.7 Å². The molecule has 0 saturated carbocycles. The average molecular weight is 1100 g/mol. The summed E-state index contributed by atoms with van der Waals surface area (Å²) < 4.78 is 62.5. The molecule has 2 aliphatic rings. The SMILES string of the molecule is CC1(C)C=CC(C)(C)c2cc(NC(=O)c3ccc(C(=O)SCCNC(=O)CCNC(=O)C(O)C(C)(C)COP(=O)(O)OP(=O)(O)OCC4OC(n5cnc6c(N)ncnc65)C(O)C4OP(=O)(O)O)cc3)ccc21. The van der Waals surface area contributed by atoms with Gasteiger partial charge in [-0.25, -0.2) is 28.6 Å². The third-order valence-corrected chi connectivity index (χ3v) is 15.7. The Morgan fingerprint density at radius 1 is 0.890 bits per heavy atom. The molecule has 7 atom stereocenters. The summed E-state index contributed by atoms with van der Waals surface area (Å²) in [5.41, 5.74) is 7.56. The van der Waals surface area contributed by atoms with Gasteiger partial charge in [-0.2, -0.15) is 4.31 Å². The lowest BCUT2D eigenvalue weighted by Crippen LogP contribution is -2.46. The van der Waals surface area contributed by atoms with Crippen LogP contribution >= 0.6 is 35.2 Å². The quantitative estimate of drug-likeness (QED) is 0.0306. The number of fused-ring (bicyclic) bond motifs is 2. The highest BCUT2D eigenvalue weighted by atomic mass is 32.2. The fourth-order valence-electron chi connectivity index (χ4n) is 7.63. The van der Waals surface area contributed by atoms with E-state index in [0.717, 1.165) is 34.5 Å². The number of aliphatic hydroxyl groups is 2. The summed E-state index contributed by atoms with van der Waals surface area (Å²) in [4.78, 5) is 102. The van der Waals surface area contributed by atoms with Gasteiger partial charge in [-0.05, 0) is 47.5 Å². The van der Waals surface area contributed by atoms with Crippen molar-refractivity contribution >= 4 is 80.7 Å². The molecule has 0 bridgehead atoms. The van der Waals surface area contributed by atoms with Crippen LogP contribution in [0.15, 0.2) is 67.3 Å². The largest absolute Gasteiger partial charge is 0.481 e. The second kappa shape index (κ2) is 22.6. The maximum atomic E-state index is 13.1. The van der Waals surface area contributed by atoms with Crippen molar-refractivity contribution in [1.29, 1.82) is 0 Å². The Morgan fingerprint density at radius 2 is 1.53 bits per heavy atom. The minimum atomic E-state index is -5.61. The molecular weight excluding hydrogens is 1040 g/mol. The summed E-state index contributed by atoms with van der Waals surface area (Å²) in [5, 5.41) is 29.3. The lowest BCUT2D eigenvalue weighted by molar-refractivity contribution is -0.137. The Bertz CT molecular complexity index is 2900. The van der Waals surface area contributed by atoms with E-state index in [4.69, 9.17) is 19.5 Å². The summed E-state index contributed by atoms with van der Waals surface area (Å²) in [6, 6.07) is 12.1. The Labute approximate surface area is 422 Å². The molecule has 73 heavy (non-hydrogen) atoms. The van der Waals surface area contributed by atoms with Crippen LogP contribution in [0.1, 0.15) is 86.0 Å². The van der Waals surface area contributed by atoms with E-state index in [-0.39, 0.29) is 64.1 Å². The highest BCUT2D eigenvalue weighted by Crippen LogP contribution is 2.61. The van der Waals surface area contributed by atoms with E-state index in [1.807, 2.05) is 18.2 Å². The summed E-state index contributed by atoms with van der Waals surface area (Å²) in [5.74, 6) is -1.68. The molecule has 7 unspecified atom stereocenters. The molecule has 30 heteroatoms.